The summed E-state index contributed by atoms with van der Waals surface area (Å²) in [6.45, 7) is 1.67. The Bertz CT molecular complexity index is 453. The number of carbonyl (C=O) groups is 2. The molecule has 1 heterocycles. The summed E-state index contributed by atoms with van der Waals surface area (Å²) in [5.41, 5.74) is 5.86. The first-order chi connectivity index (χ1) is 7.49. The van der Waals surface area contributed by atoms with Gasteiger partial charge in [0.1, 0.15) is 5.82 Å². The maximum atomic E-state index is 13.1. The van der Waals surface area contributed by atoms with E-state index in [4.69, 9.17) is 5.73 Å². The molecule has 1 aromatic rings. The lowest BCUT2D eigenvalue weighted by Gasteiger charge is -2.14. The van der Waals surface area contributed by atoms with Crippen molar-refractivity contribution in [1.82, 2.24) is 0 Å². The first-order valence-corrected chi connectivity index (χ1v) is 4.92. The average molecular weight is 222 g/mol. The van der Waals surface area contributed by atoms with Gasteiger partial charge in [0.25, 0.3) is 0 Å². The maximum absolute atomic E-state index is 13.1. The van der Waals surface area contributed by atoms with E-state index in [1.807, 2.05) is 0 Å². The first-order valence-electron chi connectivity index (χ1n) is 4.92. The van der Waals surface area contributed by atoms with Gasteiger partial charge in [0.2, 0.25) is 11.8 Å². The van der Waals surface area contributed by atoms with E-state index in [0.717, 1.165) is 17.0 Å². The zero-order valence-corrected chi connectivity index (χ0v) is 8.74. The number of imide groups is 1. The molecule has 0 aromatic heterocycles. The highest BCUT2D eigenvalue weighted by Gasteiger charge is 2.36. The van der Waals surface area contributed by atoms with Gasteiger partial charge in [0.05, 0.1) is 5.69 Å². The van der Waals surface area contributed by atoms with Gasteiger partial charge in [-0.05, 0) is 18.2 Å². The molecule has 0 bridgehead atoms. The second-order valence-electron chi connectivity index (χ2n) is 3.92. The third kappa shape index (κ3) is 1.64. The summed E-state index contributed by atoms with van der Waals surface area (Å²) >= 11 is 0. The zero-order chi connectivity index (χ0) is 11.9. The number of nitrogens with two attached hydrogens (primary N) is 1. The minimum absolute atomic E-state index is 0.162. The maximum Gasteiger partial charge on any atom is 0.237 e. The highest BCUT2D eigenvalue weighted by molar-refractivity contribution is 6.20. The second kappa shape index (κ2) is 3.59. The summed E-state index contributed by atoms with van der Waals surface area (Å²) in [6, 6.07) is 3.68. The van der Waals surface area contributed by atoms with E-state index in [-0.39, 0.29) is 35.5 Å². The summed E-state index contributed by atoms with van der Waals surface area (Å²) in [5, 5.41) is 0. The Balaban J connectivity index is 2.44. The molecule has 2 amide bonds. The van der Waals surface area contributed by atoms with Crippen LogP contribution >= 0.6 is 0 Å². The molecule has 0 radical (unpaired) electrons. The highest BCUT2D eigenvalue weighted by atomic mass is 19.1. The SMILES string of the molecule is CC1CC(=O)N(c2cc(N)cc(F)c2)C1=O. The Kier molecular flexibility index (Phi) is 2.38. The van der Waals surface area contributed by atoms with Gasteiger partial charge in [0.15, 0.2) is 0 Å². The third-order valence-electron chi connectivity index (χ3n) is 2.54. The molecule has 0 saturated carbocycles. The molecule has 2 N–H and O–H groups in total. The average Bonchev–Trinajstić information content (AvgIpc) is 2.39. The first kappa shape index (κ1) is 10.6. The fraction of sp³-hybridized carbons (Fsp3) is 0.273. The van der Waals surface area contributed by atoms with Gasteiger partial charge in [-0.1, -0.05) is 6.92 Å². The number of benzene rings is 1. The lowest BCUT2D eigenvalue weighted by Crippen LogP contribution is -2.30. The molecular formula is C11H11FN2O2. The number of anilines is 2. The Morgan fingerprint density at radius 2 is 2.06 bits per heavy atom. The number of nitrogen functional groups attached to an aromatic ring is 1. The molecule has 1 atom stereocenters. The molecule has 84 valence electrons. The lowest BCUT2D eigenvalue weighted by atomic mass is 10.1. The number of rotatable bonds is 1. The minimum Gasteiger partial charge on any atom is -0.399 e. The summed E-state index contributed by atoms with van der Waals surface area (Å²) in [5.74, 6) is -1.54. The van der Waals surface area contributed by atoms with E-state index in [2.05, 4.69) is 0 Å². The molecular weight excluding hydrogens is 211 g/mol. The molecule has 1 fully saturated rings. The van der Waals surface area contributed by atoms with Crippen LogP contribution in [-0.4, -0.2) is 11.8 Å². The number of amides is 2. The Hall–Kier alpha value is -1.91. The summed E-state index contributed by atoms with van der Waals surface area (Å²) in [7, 11) is 0. The van der Waals surface area contributed by atoms with Gasteiger partial charge in [-0.3, -0.25) is 14.5 Å². The van der Waals surface area contributed by atoms with Crippen molar-refractivity contribution in [2.24, 2.45) is 5.92 Å². The largest absolute Gasteiger partial charge is 0.399 e. The van der Waals surface area contributed by atoms with Crippen LogP contribution in [0.15, 0.2) is 18.2 Å². The molecule has 1 unspecified atom stereocenters. The molecule has 2 rings (SSSR count). The Morgan fingerprint density at radius 1 is 1.38 bits per heavy atom. The molecule has 0 aliphatic carbocycles. The van der Waals surface area contributed by atoms with Crippen molar-refractivity contribution in [3.8, 4) is 0 Å². The predicted octanol–water partition coefficient (Wildman–Crippen LogP) is 1.31. The van der Waals surface area contributed by atoms with E-state index < -0.39 is 5.82 Å². The van der Waals surface area contributed by atoms with Crippen LogP contribution in [0, 0.1) is 11.7 Å². The smallest absolute Gasteiger partial charge is 0.237 e. The van der Waals surface area contributed by atoms with Crippen LogP contribution in [0.2, 0.25) is 0 Å². The highest BCUT2D eigenvalue weighted by Crippen LogP contribution is 2.28. The molecule has 4 nitrogen and oxygen atoms in total. The van der Waals surface area contributed by atoms with Crippen LogP contribution < -0.4 is 10.6 Å². The Labute approximate surface area is 91.8 Å². The number of hydrogen-bond donors (Lipinski definition) is 1. The van der Waals surface area contributed by atoms with E-state index >= 15 is 0 Å². The van der Waals surface area contributed by atoms with Gasteiger partial charge < -0.3 is 5.73 Å². The van der Waals surface area contributed by atoms with Gasteiger partial charge in [0, 0.05) is 18.0 Å². The standard InChI is InChI=1S/C11H11FN2O2/c1-6-2-10(15)14(11(6)16)9-4-7(12)3-8(13)5-9/h3-6H,2,13H2,1H3. The molecule has 1 aliphatic rings. The summed E-state index contributed by atoms with van der Waals surface area (Å²) < 4.78 is 13.1. The summed E-state index contributed by atoms with van der Waals surface area (Å²) in [4.78, 5) is 24.2. The molecule has 1 aromatic carbocycles. The van der Waals surface area contributed by atoms with Crippen molar-refractivity contribution < 1.29 is 14.0 Å². The van der Waals surface area contributed by atoms with Crippen molar-refractivity contribution in [1.29, 1.82) is 0 Å². The molecule has 0 spiro atoms. The molecule has 16 heavy (non-hydrogen) atoms. The number of hydrogen-bond acceptors (Lipinski definition) is 3. The van der Waals surface area contributed by atoms with Crippen molar-refractivity contribution in [3.05, 3.63) is 24.0 Å². The lowest BCUT2D eigenvalue weighted by molar-refractivity contribution is -0.122. The Morgan fingerprint density at radius 3 is 2.56 bits per heavy atom. The van der Waals surface area contributed by atoms with E-state index in [9.17, 15) is 14.0 Å². The van der Waals surface area contributed by atoms with Crippen LogP contribution in [0.1, 0.15) is 13.3 Å². The number of nitrogens with zero attached hydrogens (tertiary/aromatic N) is 1. The van der Waals surface area contributed by atoms with Crippen molar-refractivity contribution in [3.63, 3.8) is 0 Å². The minimum atomic E-state index is -0.560. The van der Waals surface area contributed by atoms with Crippen LogP contribution in [0.5, 0.6) is 0 Å². The van der Waals surface area contributed by atoms with Crippen molar-refractivity contribution >= 4 is 23.2 Å². The second-order valence-corrected chi connectivity index (χ2v) is 3.92. The van der Waals surface area contributed by atoms with Crippen LogP contribution in [0.3, 0.4) is 0 Å². The van der Waals surface area contributed by atoms with Crippen molar-refractivity contribution in [2.75, 3.05) is 10.6 Å². The predicted molar refractivity (Wildman–Crippen MR) is 57.1 cm³/mol. The van der Waals surface area contributed by atoms with E-state index in [1.165, 1.54) is 6.07 Å². The molecule has 5 heteroatoms. The van der Waals surface area contributed by atoms with E-state index in [0.29, 0.717) is 0 Å². The fourth-order valence-corrected chi connectivity index (χ4v) is 1.78. The van der Waals surface area contributed by atoms with Gasteiger partial charge >= 0.3 is 0 Å². The number of halogens is 1. The van der Waals surface area contributed by atoms with Gasteiger partial charge in [-0.25, -0.2) is 4.39 Å². The number of carbonyl (C=O) groups excluding carboxylic acids is 2. The topological polar surface area (TPSA) is 63.4 Å². The quantitative estimate of drug-likeness (QED) is 0.575. The normalized spacial score (nSPS) is 20.6. The van der Waals surface area contributed by atoms with Crippen LogP contribution in [0.25, 0.3) is 0 Å². The monoisotopic (exact) mass is 222 g/mol. The van der Waals surface area contributed by atoms with Gasteiger partial charge in [-0.15, -0.1) is 0 Å². The molecule has 1 aliphatic heterocycles. The van der Waals surface area contributed by atoms with Crippen LogP contribution in [0.4, 0.5) is 15.8 Å². The van der Waals surface area contributed by atoms with Crippen LogP contribution in [-0.2, 0) is 9.59 Å². The summed E-state index contributed by atoms with van der Waals surface area (Å²) in [6.07, 6.45) is 0.162. The fourth-order valence-electron chi connectivity index (χ4n) is 1.78. The third-order valence-corrected chi connectivity index (χ3v) is 2.54. The zero-order valence-electron chi connectivity index (χ0n) is 8.74. The van der Waals surface area contributed by atoms with Gasteiger partial charge in [-0.2, -0.15) is 0 Å². The molecule has 1 saturated heterocycles. The van der Waals surface area contributed by atoms with E-state index in [1.54, 1.807) is 6.92 Å². The van der Waals surface area contributed by atoms with Crippen molar-refractivity contribution in [2.45, 2.75) is 13.3 Å².